The van der Waals surface area contributed by atoms with E-state index in [0.29, 0.717) is 37.6 Å². The van der Waals surface area contributed by atoms with Crippen molar-refractivity contribution < 1.29 is 19.1 Å². The Morgan fingerprint density at radius 3 is 2.36 bits per heavy atom. The van der Waals surface area contributed by atoms with Crippen molar-refractivity contribution in [2.45, 2.75) is 13.0 Å². The zero-order valence-corrected chi connectivity index (χ0v) is 24.0. The van der Waals surface area contributed by atoms with Crippen LogP contribution < -0.4 is 10.1 Å². The molecule has 0 aliphatic carbocycles. The van der Waals surface area contributed by atoms with Crippen LogP contribution in [0.25, 0.3) is 21.7 Å². The summed E-state index contributed by atoms with van der Waals surface area (Å²) in [7, 11) is 3.21. The van der Waals surface area contributed by atoms with Crippen molar-refractivity contribution in [2.75, 3.05) is 45.8 Å². The van der Waals surface area contributed by atoms with E-state index in [0.717, 1.165) is 32.8 Å². The molecule has 42 heavy (non-hydrogen) atoms. The van der Waals surface area contributed by atoms with Gasteiger partial charge in [0.1, 0.15) is 12.3 Å². The van der Waals surface area contributed by atoms with E-state index in [1.165, 1.54) is 4.90 Å². The Morgan fingerprint density at radius 2 is 1.52 bits per heavy atom. The quantitative estimate of drug-likeness (QED) is 0.192. The average Bonchev–Trinajstić information content (AvgIpc) is 3.44. The van der Waals surface area contributed by atoms with Gasteiger partial charge in [-0.05, 0) is 35.6 Å². The number of carbonyl (C=O) groups excluding carboxylic acids is 2. The number of amides is 3. The Balaban J connectivity index is 1.37. The number of H-pyrrole nitrogens is 1. The molecular weight excluding hydrogens is 528 g/mol. The fraction of sp³-hybridized carbons (Fsp3) is 0.235. The second-order valence-corrected chi connectivity index (χ2v) is 10.1. The summed E-state index contributed by atoms with van der Waals surface area (Å²) in [4.78, 5) is 34.1. The second kappa shape index (κ2) is 13.7. The maximum Gasteiger partial charge on any atom is 0.322 e. The Bertz CT molecular complexity index is 1660. The first-order chi connectivity index (χ1) is 20.6. The third-order valence-electron chi connectivity index (χ3n) is 7.44. The lowest BCUT2D eigenvalue weighted by molar-refractivity contribution is -0.132. The molecule has 4 aromatic carbocycles. The summed E-state index contributed by atoms with van der Waals surface area (Å²) < 4.78 is 10.9. The van der Waals surface area contributed by atoms with E-state index < -0.39 is 0 Å². The van der Waals surface area contributed by atoms with Crippen LogP contribution in [0, 0.1) is 0 Å². The third-order valence-corrected chi connectivity index (χ3v) is 7.44. The van der Waals surface area contributed by atoms with Crippen LogP contribution in [0.2, 0.25) is 0 Å². The number of para-hydroxylation sites is 2. The molecule has 0 atom stereocenters. The maximum absolute atomic E-state index is 13.9. The zero-order valence-electron chi connectivity index (χ0n) is 24.0. The highest BCUT2D eigenvalue weighted by molar-refractivity contribution is 6.02. The van der Waals surface area contributed by atoms with E-state index in [-0.39, 0.29) is 25.0 Å². The Kier molecular flexibility index (Phi) is 9.36. The summed E-state index contributed by atoms with van der Waals surface area (Å²) in [6.07, 6.45) is 2.66. The summed E-state index contributed by atoms with van der Waals surface area (Å²) in [6.45, 7) is 1.31. The largest absolute Gasteiger partial charge is 0.496 e. The van der Waals surface area contributed by atoms with E-state index in [9.17, 15) is 9.59 Å². The minimum Gasteiger partial charge on any atom is -0.496 e. The van der Waals surface area contributed by atoms with Gasteiger partial charge in [-0.25, -0.2) is 4.79 Å². The van der Waals surface area contributed by atoms with E-state index in [1.807, 2.05) is 91.1 Å². The van der Waals surface area contributed by atoms with Gasteiger partial charge in [-0.1, -0.05) is 72.8 Å². The third kappa shape index (κ3) is 6.72. The molecule has 0 radical (unpaired) electrons. The summed E-state index contributed by atoms with van der Waals surface area (Å²) in [5.41, 5.74) is 3.79. The first-order valence-electron chi connectivity index (χ1n) is 14.0. The molecule has 5 aromatic rings. The average molecular weight is 565 g/mol. The molecule has 0 spiro atoms. The first-order valence-corrected chi connectivity index (χ1v) is 14.0. The van der Waals surface area contributed by atoms with Gasteiger partial charge in [0.15, 0.2) is 0 Å². The number of nitrogens with zero attached hydrogens (tertiary/aromatic N) is 2. The molecule has 0 saturated heterocycles. The first kappa shape index (κ1) is 28.7. The number of urea groups is 1. The molecule has 216 valence electrons. The van der Waals surface area contributed by atoms with Crippen molar-refractivity contribution in [1.82, 2.24) is 14.8 Å². The molecule has 0 bridgehead atoms. The van der Waals surface area contributed by atoms with Gasteiger partial charge in [0, 0.05) is 54.8 Å². The van der Waals surface area contributed by atoms with Gasteiger partial charge in [-0.15, -0.1) is 0 Å². The molecular formula is C34H36N4O4. The van der Waals surface area contributed by atoms with Crippen molar-refractivity contribution in [3.05, 3.63) is 108 Å². The summed E-state index contributed by atoms with van der Waals surface area (Å²) in [5, 5.41) is 6.11. The van der Waals surface area contributed by atoms with Crippen molar-refractivity contribution in [1.29, 1.82) is 0 Å². The number of benzene rings is 4. The normalized spacial score (nSPS) is 11.0. The molecule has 1 heterocycles. The van der Waals surface area contributed by atoms with E-state index in [2.05, 4.69) is 16.4 Å². The molecule has 0 unspecified atom stereocenters. The fourth-order valence-corrected chi connectivity index (χ4v) is 5.17. The molecule has 0 aliphatic heterocycles. The number of carbonyl (C=O) groups is 2. The second-order valence-electron chi connectivity index (χ2n) is 10.1. The number of nitrogens with one attached hydrogen (secondary N) is 2. The van der Waals surface area contributed by atoms with Crippen molar-refractivity contribution in [3.8, 4) is 5.75 Å². The molecule has 8 heteroatoms. The monoisotopic (exact) mass is 564 g/mol. The fourth-order valence-electron chi connectivity index (χ4n) is 5.17. The SMILES string of the molecule is COCCN(CC(=O)N(CCc1c[nH]c2ccccc12)Cc1ccccc1OC)C(=O)Nc1cccc2ccccc12. The van der Waals surface area contributed by atoms with Crippen molar-refractivity contribution in [2.24, 2.45) is 0 Å². The number of hydrogen-bond donors (Lipinski definition) is 2. The van der Waals surface area contributed by atoms with E-state index in [4.69, 9.17) is 9.47 Å². The van der Waals surface area contributed by atoms with Crippen molar-refractivity contribution >= 4 is 39.3 Å². The van der Waals surface area contributed by atoms with Gasteiger partial charge in [-0.2, -0.15) is 0 Å². The van der Waals surface area contributed by atoms with Gasteiger partial charge >= 0.3 is 6.03 Å². The summed E-state index contributed by atoms with van der Waals surface area (Å²) in [6, 6.07) is 29.1. The van der Waals surface area contributed by atoms with E-state index >= 15 is 0 Å². The van der Waals surface area contributed by atoms with Crippen LogP contribution in [0.15, 0.2) is 97.2 Å². The molecule has 0 aliphatic rings. The van der Waals surface area contributed by atoms with Gasteiger partial charge in [0.05, 0.1) is 19.4 Å². The predicted molar refractivity (Wildman–Crippen MR) is 167 cm³/mol. The predicted octanol–water partition coefficient (Wildman–Crippen LogP) is 6.08. The Labute approximate surface area is 245 Å². The van der Waals surface area contributed by atoms with Gasteiger partial charge in [0.2, 0.25) is 5.91 Å². The number of methoxy groups -OCH3 is 2. The van der Waals surface area contributed by atoms with Crippen LogP contribution >= 0.6 is 0 Å². The number of aromatic amines is 1. The smallest absolute Gasteiger partial charge is 0.322 e. The molecule has 2 N–H and O–H groups in total. The number of aromatic nitrogens is 1. The minimum atomic E-state index is -0.356. The highest BCUT2D eigenvalue weighted by Crippen LogP contribution is 2.24. The number of hydrogen-bond acceptors (Lipinski definition) is 4. The highest BCUT2D eigenvalue weighted by atomic mass is 16.5. The van der Waals surface area contributed by atoms with Crippen LogP contribution in [0.1, 0.15) is 11.1 Å². The lowest BCUT2D eigenvalue weighted by Crippen LogP contribution is -2.46. The topological polar surface area (TPSA) is 86.9 Å². The summed E-state index contributed by atoms with van der Waals surface area (Å²) in [5.74, 6) is 0.553. The van der Waals surface area contributed by atoms with E-state index in [1.54, 1.807) is 19.1 Å². The Morgan fingerprint density at radius 1 is 0.786 bits per heavy atom. The molecule has 3 amide bonds. The number of rotatable bonds is 12. The van der Waals surface area contributed by atoms with Crippen LogP contribution in [-0.4, -0.2) is 67.2 Å². The van der Waals surface area contributed by atoms with Gasteiger partial charge < -0.3 is 29.6 Å². The van der Waals surface area contributed by atoms with Crippen LogP contribution in [0.5, 0.6) is 5.75 Å². The van der Waals surface area contributed by atoms with Crippen LogP contribution in [0.3, 0.4) is 0 Å². The lowest BCUT2D eigenvalue weighted by Gasteiger charge is -2.28. The van der Waals surface area contributed by atoms with Crippen LogP contribution in [0.4, 0.5) is 10.5 Å². The molecule has 0 fully saturated rings. The standard InChI is InChI=1S/C34H36N4O4/c1-41-21-20-38(34(40)36-31-16-9-12-25-10-3-5-13-28(25)31)24-33(39)37(23-27-11-4-8-17-32(27)42-2)19-18-26-22-35-30-15-7-6-14-29(26)30/h3-17,22,35H,18-21,23-24H2,1-2H3,(H,36,40). The zero-order chi connectivity index (χ0) is 29.3. The van der Waals surface area contributed by atoms with Crippen LogP contribution in [-0.2, 0) is 22.5 Å². The number of anilines is 1. The number of ether oxygens (including phenoxy) is 2. The maximum atomic E-state index is 13.9. The molecule has 5 rings (SSSR count). The molecule has 1 aromatic heterocycles. The highest BCUT2D eigenvalue weighted by Gasteiger charge is 2.23. The summed E-state index contributed by atoms with van der Waals surface area (Å²) >= 11 is 0. The molecule has 0 saturated carbocycles. The Hall–Kier alpha value is -4.82. The molecule has 8 nitrogen and oxygen atoms in total. The number of fused-ring (bicyclic) bond motifs is 2. The van der Waals surface area contributed by atoms with Crippen molar-refractivity contribution in [3.63, 3.8) is 0 Å². The lowest BCUT2D eigenvalue weighted by atomic mass is 10.1. The van der Waals surface area contributed by atoms with Gasteiger partial charge in [0.25, 0.3) is 0 Å². The minimum absolute atomic E-state index is 0.0943. The van der Waals surface area contributed by atoms with Gasteiger partial charge in [-0.3, -0.25) is 4.79 Å².